The summed E-state index contributed by atoms with van der Waals surface area (Å²) in [5.74, 6) is 0. The molecule has 11 aromatic rings. The number of aromatic nitrogens is 2. The molecule has 0 spiro atoms. The predicted octanol–water partition coefficient (Wildman–Crippen LogP) is 13.1. The van der Waals surface area contributed by atoms with E-state index in [1.165, 1.54) is 60.5 Å². The molecular formula is C48H30N2O. The maximum Gasteiger partial charge on any atom is 0.136 e. The summed E-state index contributed by atoms with van der Waals surface area (Å²) in [5, 5.41) is 7.12. The van der Waals surface area contributed by atoms with Crippen LogP contribution in [0.1, 0.15) is 0 Å². The number of furan rings is 1. The SMILES string of the molecule is c1ccc(-c2cccc(-n3c4ccc(-c5ccc6c(c5)c5ccccc5n6-c5ccccc5)cc4c4cc5oc6ccccc6c5cc43)c2)cc1. The van der Waals surface area contributed by atoms with Crippen molar-refractivity contribution in [2.24, 2.45) is 0 Å². The number of hydrogen-bond donors (Lipinski definition) is 0. The fourth-order valence-electron chi connectivity index (χ4n) is 8.16. The summed E-state index contributed by atoms with van der Waals surface area (Å²) in [6.07, 6.45) is 0. The van der Waals surface area contributed by atoms with E-state index in [0.29, 0.717) is 0 Å². The minimum absolute atomic E-state index is 0.904. The molecule has 0 saturated carbocycles. The van der Waals surface area contributed by atoms with Gasteiger partial charge in [0.2, 0.25) is 0 Å². The lowest BCUT2D eigenvalue weighted by molar-refractivity contribution is 0.669. The highest BCUT2D eigenvalue weighted by Gasteiger charge is 2.19. The van der Waals surface area contributed by atoms with Crippen LogP contribution in [0.25, 0.3) is 99.2 Å². The van der Waals surface area contributed by atoms with Gasteiger partial charge in [0.15, 0.2) is 0 Å². The summed E-state index contributed by atoms with van der Waals surface area (Å²) >= 11 is 0. The molecule has 0 aliphatic carbocycles. The standard InChI is InChI=1S/C48H30N2O/c1-3-12-31(13-4-1)32-14-11-17-36(26-32)50-45-25-23-34(28-40(45)41-30-48-42(29-46(41)50)38-19-8-10-21-47(38)51-48)33-22-24-44-39(27-33)37-18-7-9-20-43(37)49(44)35-15-5-2-6-16-35/h1-30H. The van der Waals surface area contributed by atoms with Crippen molar-refractivity contribution < 1.29 is 4.42 Å². The maximum absolute atomic E-state index is 6.43. The molecule has 3 nitrogen and oxygen atoms in total. The smallest absolute Gasteiger partial charge is 0.136 e. The second kappa shape index (κ2) is 10.8. The van der Waals surface area contributed by atoms with E-state index >= 15 is 0 Å². The van der Waals surface area contributed by atoms with Crippen molar-refractivity contribution in [2.75, 3.05) is 0 Å². The molecule has 0 fully saturated rings. The molecule has 3 heteroatoms. The average molecular weight is 651 g/mol. The second-order valence-corrected chi connectivity index (χ2v) is 13.4. The first-order chi connectivity index (χ1) is 25.3. The Morgan fingerprint density at radius 1 is 0.275 bits per heavy atom. The Morgan fingerprint density at radius 2 is 0.824 bits per heavy atom. The first-order valence-corrected chi connectivity index (χ1v) is 17.4. The number of rotatable bonds is 4. The van der Waals surface area contributed by atoms with E-state index in [0.717, 1.165) is 38.7 Å². The number of hydrogen-bond acceptors (Lipinski definition) is 1. The van der Waals surface area contributed by atoms with Gasteiger partial charge in [0.05, 0.1) is 22.1 Å². The summed E-state index contributed by atoms with van der Waals surface area (Å²) in [5.41, 5.74) is 13.6. The van der Waals surface area contributed by atoms with E-state index in [1.54, 1.807) is 0 Å². The zero-order chi connectivity index (χ0) is 33.5. The number of para-hydroxylation sites is 3. The van der Waals surface area contributed by atoms with Gasteiger partial charge in [-0.1, -0.05) is 109 Å². The lowest BCUT2D eigenvalue weighted by atomic mass is 10.0. The summed E-state index contributed by atoms with van der Waals surface area (Å²) < 4.78 is 11.2. The first kappa shape index (κ1) is 28.0. The molecule has 0 aliphatic heterocycles. The third-order valence-corrected chi connectivity index (χ3v) is 10.5. The van der Waals surface area contributed by atoms with E-state index in [1.807, 2.05) is 6.07 Å². The predicted molar refractivity (Wildman–Crippen MR) is 213 cm³/mol. The van der Waals surface area contributed by atoms with Crippen LogP contribution in [0, 0.1) is 0 Å². The van der Waals surface area contributed by atoms with Crippen LogP contribution in [0.15, 0.2) is 186 Å². The van der Waals surface area contributed by atoms with Crippen molar-refractivity contribution in [3.05, 3.63) is 182 Å². The van der Waals surface area contributed by atoms with Gasteiger partial charge >= 0.3 is 0 Å². The van der Waals surface area contributed by atoms with Gasteiger partial charge in [-0.2, -0.15) is 0 Å². The van der Waals surface area contributed by atoms with Gasteiger partial charge in [0, 0.05) is 43.7 Å². The highest BCUT2D eigenvalue weighted by atomic mass is 16.3. The lowest BCUT2D eigenvalue weighted by Crippen LogP contribution is -1.94. The van der Waals surface area contributed by atoms with Crippen LogP contribution in [-0.2, 0) is 0 Å². The fourth-order valence-corrected chi connectivity index (χ4v) is 8.16. The molecule has 0 amide bonds. The fraction of sp³-hybridized carbons (Fsp3) is 0. The summed E-state index contributed by atoms with van der Waals surface area (Å²) in [4.78, 5) is 0. The van der Waals surface area contributed by atoms with Gasteiger partial charge < -0.3 is 13.6 Å². The van der Waals surface area contributed by atoms with Crippen LogP contribution in [0.2, 0.25) is 0 Å². The number of nitrogens with zero attached hydrogens (tertiary/aromatic N) is 2. The Morgan fingerprint density at radius 3 is 1.61 bits per heavy atom. The van der Waals surface area contributed by atoms with Gasteiger partial charge in [0.1, 0.15) is 11.2 Å². The van der Waals surface area contributed by atoms with E-state index in [2.05, 4.69) is 185 Å². The van der Waals surface area contributed by atoms with Crippen LogP contribution in [-0.4, -0.2) is 9.13 Å². The Kier molecular flexibility index (Phi) is 5.96. The molecule has 238 valence electrons. The van der Waals surface area contributed by atoms with Crippen molar-refractivity contribution in [1.29, 1.82) is 0 Å². The summed E-state index contributed by atoms with van der Waals surface area (Å²) in [7, 11) is 0. The first-order valence-electron chi connectivity index (χ1n) is 17.4. The molecule has 0 bridgehead atoms. The van der Waals surface area contributed by atoms with Crippen molar-refractivity contribution in [3.8, 4) is 33.6 Å². The Hall–Kier alpha value is -6.84. The van der Waals surface area contributed by atoms with E-state index in [4.69, 9.17) is 4.42 Å². The molecule has 0 unspecified atom stereocenters. The third kappa shape index (κ3) is 4.25. The number of fused-ring (bicyclic) bond motifs is 9. The lowest BCUT2D eigenvalue weighted by Gasteiger charge is -2.11. The Balaban J connectivity index is 1.16. The van der Waals surface area contributed by atoms with Crippen molar-refractivity contribution in [1.82, 2.24) is 9.13 Å². The van der Waals surface area contributed by atoms with Crippen molar-refractivity contribution >= 4 is 65.6 Å². The molecule has 8 aromatic carbocycles. The largest absolute Gasteiger partial charge is 0.456 e. The zero-order valence-corrected chi connectivity index (χ0v) is 27.6. The molecule has 3 aromatic heterocycles. The quantitative estimate of drug-likeness (QED) is 0.186. The molecule has 3 heterocycles. The van der Waals surface area contributed by atoms with Gasteiger partial charge in [0.25, 0.3) is 0 Å². The molecule has 0 radical (unpaired) electrons. The summed E-state index contributed by atoms with van der Waals surface area (Å²) in [6.45, 7) is 0. The molecular weight excluding hydrogens is 621 g/mol. The van der Waals surface area contributed by atoms with Crippen LogP contribution < -0.4 is 0 Å². The Bertz CT molecular complexity index is 3130. The zero-order valence-electron chi connectivity index (χ0n) is 27.6. The third-order valence-electron chi connectivity index (χ3n) is 10.5. The highest BCUT2D eigenvalue weighted by Crippen LogP contribution is 2.41. The van der Waals surface area contributed by atoms with Gasteiger partial charge in [-0.15, -0.1) is 0 Å². The van der Waals surface area contributed by atoms with Gasteiger partial charge in [-0.05, 0) is 95.1 Å². The normalized spacial score (nSPS) is 11.9. The molecule has 0 aliphatic rings. The highest BCUT2D eigenvalue weighted by molar-refractivity contribution is 6.18. The van der Waals surface area contributed by atoms with Crippen LogP contribution >= 0.6 is 0 Å². The maximum atomic E-state index is 6.43. The number of benzene rings is 8. The molecule has 0 saturated heterocycles. The minimum atomic E-state index is 0.904. The van der Waals surface area contributed by atoms with Crippen molar-refractivity contribution in [2.45, 2.75) is 0 Å². The van der Waals surface area contributed by atoms with E-state index in [9.17, 15) is 0 Å². The van der Waals surface area contributed by atoms with Crippen molar-refractivity contribution in [3.63, 3.8) is 0 Å². The molecule has 51 heavy (non-hydrogen) atoms. The monoisotopic (exact) mass is 650 g/mol. The topological polar surface area (TPSA) is 23.0 Å². The Labute approximate surface area is 293 Å². The van der Waals surface area contributed by atoms with E-state index in [-0.39, 0.29) is 0 Å². The van der Waals surface area contributed by atoms with Gasteiger partial charge in [-0.25, -0.2) is 0 Å². The van der Waals surface area contributed by atoms with Crippen LogP contribution in [0.3, 0.4) is 0 Å². The molecule has 0 N–H and O–H groups in total. The minimum Gasteiger partial charge on any atom is -0.456 e. The van der Waals surface area contributed by atoms with Crippen LogP contribution in [0.4, 0.5) is 0 Å². The van der Waals surface area contributed by atoms with Crippen LogP contribution in [0.5, 0.6) is 0 Å². The average Bonchev–Trinajstić information content (AvgIpc) is 3.84. The molecule has 11 rings (SSSR count). The molecule has 0 atom stereocenters. The van der Waals surface area contributed by atoms with Gasteiger partial charge in [-0.3, -0.25) is 0 Å². The second-order valence-electron chi connectivity index (χ2n) is 13.4. The summed E-state index contributed by atoms with van der Waals surface area (Å²) in [6, 6.07) is 65.5. The van der Waals surface area contributed by atoms with E-state index < -0.39 is 0 Å².